The number of carbonyl (C=O) groups is 1. The number of rotatable bonds is 4. The van der Waals surface area contributed by atoms with Gasteiger partial charge in [-0.15, -0.1) is 11.3 Å². The van der Waals surface area contributed by atoms with Gasteiger partial charge in [0.2, 0.25) is 5.91 Å². The van der Waals surface area contributed by atoms with E-state index in [-0.39, 0.29) is 5.92 Å². The van der Waals surface area contributed by atoms with Crippen molar-refractivity contribution in [2.24, 2.45) is 5.92 Å². The first-order chi connectivity index (χ1) is 11.2. The van der Waals surface area contributed by atoms with Crippen LogP contribution in [0.15, 0.2) is 17.5 Å². The lowest BCUT2D eigenvalue weighted by molar-refractivity contribution is -0.137. The number of thiophene rings is 1. The highest BCUT2D eigenvalue weighted by Crippen LogP contribution is 2.25. The normalized spacial score (nSPS) is 25.1. The topological polar surface area (TPSA) is 43.8 Å². The Morgan fingerprint density at radius 2 is 2.00 bits per heavy atom. The molecule has 1 amide bonds. The highest BCUT2D eigenvalue weighted by Gasteiger charge is 2.30. The molecule has 2 fully saturated rings. The van der Waals surface area contributed by atoms with Crippen molar-refractivity contribution in [1.29, 1.82) is 0 Å². The van der Waals surface area contributed by atoms with Crippen LogP contribution in [-0.2, 0) is 4.79 Å². The Morgan fingerprint density at radius 3 is 2.70 bits per heavy atom. The molecule has 0 saturated carbocycles. The standard InChI is InChI=1S/C18H28N2O2S/c21-16(17-8-6-12-23-17)14-19-9-5-7-15(13-19)18(22)20-10-3-1-2-4-11-20/h6,8,12,15-16,21H,1-5,7,9-11,13-14H2/t15-,16-/m0/s1. The van der Waals surface area contributed by atoms with Gasteiger partial charge in [0, 0.05) is 31.1 Å². The number of carbonyl (C=O) groups excluding carboxylic acids is 1. The van der Waals surface area contributed by atoms with Crippen LogP contribution in [0, 0.1) is 5.92 Å². The Hall–Kier alpha value is -0.910. The molecule has 0 aliphatic carbocycles. The molecular weight excluding hydrogens is 308 g/mol. The summed E-state index contributed by atoms with van der Waals surface area (Å²) in [5, 5.41) is 12.3. The van der Waals surface area contributed by atoms with Gasteiger partial charge in [0.25, 0.3) is 0 Å². The first-order valence-corrected chi connectivity index (χ1v) is 9.84. The molecule has 1 aromatic heterocycles. The van der Waals surface area contributed by atoms with E-state index in [2.05, 4.69) is 9.80 Å². The molecule has 3 heterocycles. The van der Waals surface area contributed by atoms with Crippen LogP contribution in [0.25, 0.3) is 0 Å². The van der Waals surface area contributed by atoms with Gasteiger partial charge in [-0.2, -0.15) is 0 Å². The second kappa shape index (κ2) is 8.27. The fourth-order valence-corrected chi connectivity index (χ4v) is 4.49. The molecule has 23 heavy (non-hydrogen) atoms. The lowest BCUT2D eigenvalue weighted by Gasteiger charge is -2.35. The Labute approximate surface area is 143 Å². The van der Waals surface area contributed by atoms with E-state index in [1.807, 2.05) is 17.5 Å². The molecule has 0 unspecified atom stereocenters. The molecule has 2 atom stereocenters. The van der Waals surface area contributed by atoms with Crippen LogP contribution in [0.5, 0.6) is 0 Å². The maximum Gasteiger partial charge on any atom is 0.226 e. The smallest absolute Gasteiger partial charge is 0.226 e. The molecule has 1 N–H and O–H groups in total. The zero-order valence-electron chi connectivity index (χ0n) is 13.8. The van der Waals surface area contributed by atoms with Gasteiger partial charge in [0.15, 0.2) is 0 Å². The van der Waals surface area contributed by atoms with Crippen molar-refractivity contribution in [3.8, 4) is 0 Å². The maximum atomic E-state index is 12.8. The molecular formula is C18H28N2O2S. The van der Waals surface area contributed by atoms with E-state index in [9.17, 15) is 9.90 Å². The van der Waals surface area contributed by atoms with Crippen molar-refractivity contribution >= 4 is 17.2 Å². The second-order valence-electron chi connectivity index (χ2n) is 6.87. The highest BCUT2D eigenvalue weighted by molar-refractivity contribution is 7.10. The number of nitrogens with zero attached hydrogens (tertiary/aromatic N) is 2. The van der Waals surface area contributed by atoms with Crippen LogP contribution < -0.4 is 0 Å². The van der Waals surface area contributed by atoms with Crippen LogP contribution in [0.2, 0.25) is 0 Å². The van der Waals surface area contributed by atoms with Gasteiger partial charge in [0.05, 0.1) is 5.92 Å². The minimum Gasteiger partial charge on any atom is -0.386 e. The largest absolute Gasteiger partial charge is 0.386 e. The Bertz CT molecular complexity index is 483. The Morgan fingerprint density at radius 1 is 1.22 bits per heavy atom. The number of aliphatic hydroxyl groups excluding tert-OH is 1. The van der Waals surface area contributed by atoms with Gasteiger partial charge in [-0.05, 0) is 43.7 Å². The van der Waals surface area contributed by atoms with E-state index in [1.54, 1.807) is 11.3 Å². The second-order valence-corrected chi connectivity index (χ2v) is 7.85. The number of likely N-dealkylation sites (tertiary alicyclic amines) is 2. The zero-order valence-corrected chi connectivity index (χ0v) is 14.6. The van der Waals surface area contributed by atoms with Crippen LogP contribution in [0.4, 0.5) is 0 Å². The van der Waals surface area contributed by atoms with Gasteiger partial charge in [-0.25, -0.2) is 0 Å². The highest BCUT2D eigenvalue weighted by atomic mass is 32.1. The molecule has 2 aliphatic rings. The SMILES string of the molecule is O=C([C@H]1CCCN(C[C@H](O)c2cccs2)C1)N1CCCCCC1. The number of amides is 1. The van der Waals surface area contributed by atoms with Crippen LogP contribution in [-0.4, -0.2) is 53.5 Å². The average Bonchev–Trinajstić information content (AvgIpc) is 2.97. The lowest BCUT2D eigenvalue weighted by atomic mass is 9.96. The van der Waals surface area contributed by atoms with Gasteiger partial charge in [-0.3, -0.25) is 9.69 Å². The van der Waals surface area contributed by atoms with Crippen molar-refractivity contribution in [1.82, 2.24) is 9.80 Å². The van der Waals surface area contributed by atoms with Gasteiger partial charge >= 0.3 is 0 Å². The minimum atomic E-state index is -0.429. The van der Waals surface area contributed by atoms with Crippen molar-refractivity contribution in [3.05, 3.63) is 22.4 Å². The van der Waals surface area contributed by atoms with Gasteiger partial charge in [-0.1, -0.05) is 18.9 Å². The summed E-state index contributed by atoms with van der Waals surface area (Å²) in [4.78, 5) is 18.2. The molecule has 5 heteroatoms. The third-order valence-electron chi connectivity index (χ3n) is 5.08. The molecule has 2 saturated heterocycles. The van der Waals surface area contributed by atoms with Crippen molar-refractivity contribution < 1.29 is 9.90 Å². The fourth-order valence-electron chi connectivity index (χ4n) is 3.79. The number of piperidine rings is 1. The molecule has 0 spiro atoms. The van der Waals surface area contributed by atoms with Crippen LogP contribution in [0.3, 0.4) is 0 Å². The predicted molar refractivity (Wildman–Crippen MR) is 93.5 cm³/mol. The van der Waals surface area contributed by atoms with Crippen molar-refractivity contribution in [2.75, 3.05) is 32.7 Å². The summed E-state index contributed by atoms with van der Waals surface area (Å²) >= 11 is 1.60. The number of hydrogen-bond donors (Lipinski definition) is 1. The maximum absolute atomic E-state index is 12.8. The molecule has 128 valence electrons. The summed E-state index contributed by atoms with van der Waals surface area (Å²) in [5.41, 5.74) is 0. The summed E-state index contributed by atoms with van der Waals surface area (Å²) < 4.78 is 0. The van der Waals surface area contributed by atoms with Crippen molar-refractivity contribution in [3.63, 3.8) is 0 Å². The third-order valence-corrected chi connectivity index (χ3v) is 6.05. The summed E-state index contributed by atoms with van der Waals surface area (Å²) in [6.45, 7) is 4.31. The molecule has 0 radical (unpaired) electrons. The zero-order chi connectivity index (χ0) is 16.1. The van der Waals surface area contributed by atoms with E-state index in [0.717, 1.165) is 56.7 Å². The monoisotopic (exact) mass is 336 g/mol. The number of hydrogen-bond acceptors (Lipinski definition) is 4. The number of aliphatic hydroxyl groups is 1. The number of β-amino-alcohol motifs (C(OH)–C–C–N with tert-alkyl or cyclic N) is 1. The fraction of sp³-hybridized carbons (Fsp3) is 0.722. The molecule has 3 rings (SSSR count). The first kappa shape index (κ1) is 16.9. The van der Waals surface area contributed by atoms with Crippen LogP contribution >= 0.6 is 11.3 Å². The van der Waals surface area contributed by atoms with E-state index in [4.69, 9.17) is 0 Å². The van der Waals surface area contributed by atoms with Crippen LogP contribution in [0.1, 0.15) is 49.5 Å². The Balaban J connectivity index is 1.54. The molecule has 2 aliphatic heterocycles. The van der Waals surface area contributed by atoms with Crippen molar-refractivity contribution in [2.45, 2.75) is 44.6 Å². The minimum absolute atomic E-state index is 0.123. The predicted octanol–water partition coefficient (Wildman–Crippen LogP) is 2.90. The molecule has 0 bridgehead atoms. The average molecular weight is 337 g/mol. The van der Waals surface area contributed by atoms with E-state index in [0.29, 0.717) is 12.5 Å². The quantitative estimate of drug-likeness (QED) is 0.919. The third kappa shape index (κ3) is 4.55. The molecule has 4 nitrogen and oxygen atoms in total. The summed E-state index contributed by atoms with van der Waals surface area (Å²) in [6, 6.07) is 3.96. The summed E-state index contributed by atoms with van der Waals surface area (Å²) in [7, 11) is 0. The van der Waals surface area contributed by atoms with E-state index < -0.39 is 6.10 Å². The lowest BCUT2D eigenvalue weighted by Crippen LogP contribution is -2.46. The summed E-state index contributed by atoms with van der Waals surface area (Å²) in [6.07, 6.45) is 6.45. The van der Waals surface area contributed by atoms with Gasteiger partial charge in [0.1, 0.15) is 6.10 Å². The van der Waals surface area contributed by atoms with E-state index in [1.165, 1.54) is 12.8 Å². The molecule has 0 aromatic carbocycles. The summed E-state index contributed by atoms with van der Waals surface area (Å²) in [5.74, 6) is 0.472. The van der Waals surface area contributed by atoms with Gasteiger partial charge < -0.3 is 10.0 Å². The Kier molecular flexibility index (Phi) is 6.08. The first-order valence-electron chi connectivity index (χ1n) is 8.96. The molecule has 1 aromatic rings. The van der Waals surface area contributed by atoms with E-state index >= 15 is 0 Å².